The van der Waals surface area contributed by atoms with Crippen LogP contribution < -0.4 is 0 Å². The molecule has 0 spiro atoms. The summed E-state index contributed by atoms with van der Waals surface area (Å²) in [6, 6.07) is 14.4. The molecule has 1 unspecified atom stereocenters. The Bertz CT molecular complexity index is 793. The van der Waals surface area contributed by atoms with E-state index in [0.717, 1.165) is 46.9 Å². The van der Waals surface area contributed by atoms with Crippen LogP contribution in [0.5, 0.6) is 0 Å². The van der Waals surface area contributed by atoms with Gasteiger partial charge in [0.1, 0.15) is 0 Å². The Hall–Kier alpha value is -2.35. The van der Waals surface area contributed by atoms with Crippen molar-refractivity contribution in [3.63, 3.8) is 0 Å². The predicted molar refractivity (Wildman–Crippen MR) is 94.1 cm³/mol. The third kappa shape index (κ3) is 2.94. The minimum atomic E-state index is -0.285. The summed E-state index contributed by atoms with van der Waals surface area (Å²) in [6.07, 6.45) is 2.14. The molecule has 0 aliphatic carbocycles. The van der Waals surface area contributed by atoms with Crippen molar-refractivity contribution in [2.45, 2.75) is 39.2 Å². The Morgan fingerprint density at radius 2 is 1.91 bits per heavy atom. The molecule has 0 radical (unpaired) electrons. The van der Waals surface area contributed by atoms with E-state index in [-0.39, 0.29) is 12.1 Å². The first-order valence-electron chi connectivity index (χ1n) is 8.16. The molecule has 2 heteroatoms. The number of ether oxygens (including phenoxy) is 1. The fourth-order valence-electron chi connectivity index (χ4n) is 3.31. The molecular weight excluding hydrogens is 284 g/mol. The van der Waals surface area contributed by atoms with Crippen LogP contribution in [0.15, 0.2) is 65.8 Å². The molecule has 3 rings (SSSR count). The largest absolute Gasteiger partial charge is 0.449 e. The molecule has 0 N–H and O–H groups in total. The molecule has 1 heterocycles. The fourth-order valence-corrected chi connectivity index (χ4v) is 3.31. The van der Waals surface area contributed by atoms with E-state index in [0.29, 0.717) is 0 Å². The van der Waals surface area contributed by atoms with Crippen LogP contribution in [0.4, 0.5) is 0 Å². The van der Waals surface area contributed by atoms with Crippen LogP contribution in [0.25, 0.3) is 10.8 Å². The van der Waals surface area contributed by atoms with E-state index in [1.54, 1.807) is 0 Å². The lowest BCUT2D eigenvalue weighted by Crippen LogP contribution is -2.04. The van der Waals surface area contributed by atoms with Gasteiger partial charge in [-0.15, -0.1) is 0 Å². The average molecular weight is 306 g/mol. The van der Waals surface area contributed by atoms with Crippen LogP contribution in [0, 0.1) is 0 Å². The lowest BCUT2D eigenvalue weighted by atomic mass is 9.90. The SMILES string of the molecule is C=C(C)CC1=C(CCC)C(=O)OC1c1cccc2ccccc12. The summed E-state index contributed by atoms with van der Waals surface area (Å²) >= 11 is 0. The normalized spacial score (nSPS) is 17.7. The van der Waals surface area contributed by atoms with Gasteiger partial charge < -0.3 is 4.74 Å². The number of hydrogen-bond donors (Lipinski definition) is 0. The molecule has 23 heavy (non-hydrogen) atoms. The number of rotatable bonds is 5. The monoisotopic (exact) mass is 306 g/mol. The van der Waals surface area contributed by atoms with Gasteiger partial charge in [0, 0.05) is 11.1 Å². The van der Waals surface area contributed by atoms with Gasteiger partial charge in [0.05, 0.1) is 0 Å². The van der Waals surface area contributed by atoms with Crippen LogP contribution in [-0.4, -0.2) is 5.97 Å². The van der Waals surface area contributed by atoms with E-state index < -0.39 is 0 Å². The van der Waals surface area contributed by atoms with Gasteiger partial charge in [-0.05, 0) is 36.1 Å². The Labute approximate surface area is 137 Å². The molecule has 0 fully saturated rings. The third-order valence-corrected chi connectivity index (χ3v) is 4.27. The molecule has 118 valence electrons. The maximum absolute atomic E-state index is 12.4. The van der Waals surface area contributed by atoms with Crippen molar-refractivity contribution in [3.05, 3.63) is 71.3 Å². The van der Waals surface area contributed by atoms with Crippen molar-refractivity contribution in [2.24, 2.45) is 0 Å². The average Bonchev–Trinajstić information content (AvgIpc) is 2.83. The van der Waals surface area contributed by atoms with Gasteiger partial charge in [-0.3, -0.25) is 0 Å². The zero-order chi connectivity index (χ0) is 16.4. The Morgan fingerprint density at radius 1 is 1.17 bits per heavy atom. The highest BCUT2D eigenvalue weighted by Gasteiger charge is 2.34. The Morgan fingerprint density at radius 3 is 2.65 bits per heavy atom. The predicted octanol–water partition coefficient (Wildman–Crippen LogP) is 5.50. The standard InChI is InChI=1S/C21H22O2/c1-4-8-18-19(13-14(2)3)20(23-21(18)22)17-12-7-10-15-9-5-6-11-16(15)17/h5-7,9-12,20H,2,4,8,13H2,1,3H3. The number of esters is 1. The van der Waals surface area contributed by atoms with Crippen LogP contribution in [-0.2, 0) is 9.53 Å². The molecule has 0 bridgehead atoms. The number of benzene rings is 2. The summed E-state index contributed by atoms with van der Waals surface area (Å²) in [6.45, 7) is 8.11. The van der Waals surface area contributed by atoms with Crippen molar-refractivity contribution in [1.29, 1.82) is 0 Å². The van der Waals surface area contributed by atoms with E-state index >= 15 is 0 Å². The van der Waals surface area contributed by atoms with E-state index in [4.69, 9.17) is 4.74 Å². The first-order valence-corrected chi connectivity index (χ1v) is 8.16. The first kappa shape index (κ1) is 15.5. The van der Waals surface area contributed by atoms with Crippen LogP contribution in [0.3, 0.4) is 0 Å². The summed E-state index contributed by atoms with van der Waals surface area (Å²) < 4.78 is 5.78. The van der Waals surface area contributed by atoms with Gasteiger partial charge >= 0.3 is 5.97 Å². The second-order valence-corrected chi connectivity index (χ2v) is 6.24. The van der Waals surface area contributed by atoms with Crippen LogP contribution >= 0.6 is 0 Å². The Kier molecular flexibility index (Phi) is 4.33. The molecule has 0 saturated heterocycles. The van der Waals surface area contributed by atoms with Crippen LogP contribution in [0.1, 0.15) is 44.8 Å². The number of carbonyl (C=O) groups excluding carboxylic acids is 1. The molecule has 0 amide bonds. The lowest BCUT2D eigenvalue weighted by molar-refractivity contribution is -0.140. The minimum absolute atomic E-state index is 0.166. The van der Waals surface area contributed by atoms with Gasteiger partial charge in [0.25, 0.3) is 0 Å². The lowest BCUT2D eigenvalue weighted by Gasteiger charge is -2.17. The first-order chi connectivity index (χ1) is 11.1. The van der Waals surface area contributed by atoms with Crippen LogP contribution in [0.2, 0.25) is 0 Å². The minimum Gasteiger partial charge on any atom is -0.449 e. The molecule has 0 saturated carbocycles. The van der Waals surface area contributed by atoms with Gasteiger partial charge in [0.2, 0.25) is 0 Å². The van der Waals surface area contributed by atoms with Gasteiger partial charge in [0.15, 0.2) is 6.10 Å². The zero-order valence-corrected chi connectivity index (χ0v) is 13.8. The molecule has 2 aromatic carbocycles. The summed E-state index contributed by atoms with van der Waals surface area (Å²) in [4.78, 5) is 12.4. The number of hydrogen-bond acceptors (Lipinski definition) is 2. The molecular formula is C21H22O2. The fraction of sp³-hybridized carbons (Fsp3) is 0.286. The highest BCUT2D eigenvalue weighted by molar-refractivity contribution is 5.94. The van der Waals surface area contributed by atoms with Crippen molar-refractivity contribution in [3.8, 4) is 0 Å². The molecule has 1 atom stereocenters. The number of allylic oxidation sites excluding steroid dienone is 1. The summed E-state index contributed by atoms with van der Waals surface area (Å²) in [5, 5.41) is 2.31. The quantitative estimate of drug-likeness (QED) is 0.538. The maximum atomic E-state index is 12.4. The van der Waals surface area contributed by atoms with Gasteiger partial charge in [-0.2, -0.15) is 0 Å². The smallest absolute Gasteiger partial charge is 0.335 e. The Balaban J connectivity index is 2.13. The van der Waals surface area contributed by atoms with E-state index in [2.05, 4.69) is 37.8 Å². The third-order valence-electron chi connectivity index (χ3n) is 4.27. The van der Waals surface area contributed by atoms with Crippen molar-refractivity contribution < 1.29 is 9.53 Å². The van der Waals surface area contributed by atoms with E-state index in [9.17, 15) is 4.79 Å². The molecule has 0 aromatic heterocycles. The van der Waals surface area contributed by atoms with Gasteiger partial charge in [-0.25, -0.2) is 4.79 Å². The molecule has 2 nitrogen and oxygen atoms in total. The number of cyclic esters (lactones) is 1. The molecule has 1 aliphatic rings. The van der Waals surface area contributed by atoms with Crippen molar-refractivity contribution in [1.82, 2.24) is 0 Å². The van der Waals surface area contributed by atoms with Gasteiger partial charge in [-0.1, -0.05) is 68.0 Å². The topological polar surface area (TPSA) is 26.3 Å². The molecule has 2 aromatic rings. The molecule has 1 aliphatic heterocycles. The summed E-state index contributed by atoms with van der Waals surface area (Å²) in [7, 11) is 0. The number of fused-ring (bicyclic) bond motifs is 1. The number of carbonyl (C=O) groups is 1. The van der Waals surface area contributed by atoms with E-state index in [1.165, 1.54) is 5.39 Å². The second kappa shape index (κ2) is 6.41. The van der Waals surface area contributed by atoms with E-state index in [1.807, 2.05) is 25.1 Å². The van der Waals surface area contributed by atoms with Crippen molar-refractivity contribution in [2.75, 3.05) is 0 Å². The highest BCUT2D eigenvalue weighted by Crippen LogP contribution is 2.42. The zero-order valence-electron chi connectivity index (χ0n) is 13.8. The van der Waals surface area contributed by atoms with Crippen molar-refractivity contribution >= 4 is 16.7 Å². The highest BCUT2D eigenvalue weighted by atomic mass is 16.5. The second-order valence-electron chi connectivity index (χ2n) is 6.24. The maximum Gasteiger partial charge on any atom is 0.335 e. The summed E-state index contributed by atoms with van der Waals surface area (Å²) in [5.41, 5.74) is 4.05. The summed E-state index contributed by atoms with van der Waals surface area (Å²) in [5.74, 6) is -0.166.